The Morgan fingerprint density at radius 3 is 2.96 bits per heavy atom. The Balaban J connectivity index is 1.94. The molecule has 3 aromatic rings. The number of fused-ring (bicyclic) bond motifs is 1. The SMILES string of the molecule is COCc1cnc2[nH]cc(-c3cccc(C#N)c3)c2c1N1CCOCC1. The van der Waals surface area contributed by atoms with Crippen LogP contribution in [0.25, 0.3) is 22.2 Å². The lowest BCUT2D eigenvalue weighted by Gasteiger charge is -2.31. The Kier molecular flexibility index (Phi) is 4.57. The number of nitriles is 1. The van der Waals surface area contributed by atoms with Crippen molar-refractivity contribution in [3.63, 3.8) is 0 Å². The van der Waals surface area contributed by atoms with Gasteiger partial charge in [-0.25, -0.2) is 4.98 Å². The van der Waals surface area contributed by atoms with Crippen molar-refractivity contribution in [2.45, 2.75) is 6.61 Å². The summed E-state index contributed by atoms with van der Waals surface area (Å²) in [5.74, 6) is 0. The van der Waals surface area contributed by atoms with Crippen molar-refractivity contribution in [1.82, 2.24) is 9.97 Å². The van der Waals surface area contributed by atoms with Gasteiger partial charge in [0.1, 0.15) is 5.65 Å². The van der Waals surface area contributed by atoms with Gasteiger partial charge in [-0.2, -0.15) is 5.26 Å². The number of aromatic nitrogens is 2. The molecule has 4 rings (SSSR count). The molecule has 0 spiro atoms. The lowest BCUT2D eigenvalue weighted by molar-refractivity contribution is 0.122. The van der Waals surface area contributed by atoms with E-state index in [0.29, 0.717) is 25.4 Å². The summed E-state index contributed by atoms with van der Waals surface area (Å²) in [5, 5.41) is 10.3. The smallest absolute Gasteiger partial charge is 0.139 e. The molecule has 3 heterocycles. The van der Waals surface area contributed by atoms with Crippen molar-refractivity contribution >= 4 is 16.7 Å². The zero-order valence-corrected chi connectivity index (χ0v) is 14.7. The number of morpholine rings is 1. The number of ether oxygens (including phenoxy) is 2. The summed E-state index contributed by atoms with van der Waals surface area (Å²) in [5.41, 5.74) is 5.72. The number of pyridine rings is 1. The molecule has 6 nitrogen and oxygen atoms in total. The number of rotatable bonds is 4. The van der Waals surface area contributed by atoms with Crippen molar-refractivity contribution in [3.8, 4) is 17.2 Å². The number of H-pyrrole nitrogens is 1. The van der Waals surface area contributed by atoms with E-state index in [0.717, 1.165) is 46.5 Å². The van der Waals surface area contributed by atoms with E-state index in [2.05, 4.69) is 20.9 Å². The van der Waals surface area contributed by atoms with Gasteiger partial charge in [-0.3, -0.25) is 0 Å². The molecular weight excluding hydrogens is 328 g/mol. The highest BCUT2D eigenvalue weighted by atomic mass is 16.5. The van der Waals surface area contributed by atoms with Crippen molar-refractivity contribution in [2.75, 3.05) is 38.3 Å². The molecule has 0 aliphatic carbocycles. The van der Waals surface area contributed by atoms with E-state index >= 15 is 0 Å². The fourth-order valence-corrected chi connectivity index (χ4v) is 3.51. The number of nitrogens with zero attached hydrogens (tertiary/aromatic N) is 3. The summed E-state index contributed by atoms with van der Waals surface area (Å²) >= 11 is 0. The predicted molar refractivity (Wildman–Crippen MR) is 100.0 cm³/mol. The standard InChI is InChI=1S/C20H20N4O2/c1-25-13-16-11-22-20-18(19(16)24-5-7-26-8-6-24)17(12-23-20)15-4-2-3-14(9-15)10-21/h2-4,9,11-12H,5-8,13H2,1H3,(H,22,23). The lowest BCUT2D eigenvalue weighted by Crippen LogP contribution is -2.37. The minimum Gasteiger partial charge on any atom is -0.380 e. The van der Waals surface area contributed by atoms with Crippen molar-refractivity contribution in [3.05, 3.63) is 47.8 Å². The second kappa shape index (κ2) is 7.16. The molecule has 1 saturated heterocycles. The number of hydrogen-bond donors (Lipinski definition) is 1. The first kappa shape index (κ1) is 16.6. The van der Waals surface area contributed by atoms with E-state index in [1.807, 2.05) is 36.7 Å². The van der Waals surface area contributed by atoms with Gasteiger partial charge in [0, 0.05) is 43.7 Å². The second-order valence-electron chi connectivity index (χ2n) is 6.28. The molecule has 0 bridgehead atoms. The van der Waals surface area contributed by atoms with Crippen LogP contribution in [0.2, 0.25) is 0 Å². The third kappa shape index (κ3) is 2.92. The van der Waals surface area contributed by atoms with Gasteiger partial charge in [-0.15, -0.1) is 0 Å². The Morgan fingerprint density at radius 1 is 1.35 bits per heavy atom. The van der Waals surface area contributed by atoms with Gasteiger partial charge in [0.15, 0.2) is 0 Å². The summed E-state index contributed by atoms with van der Waals surface area (Å²) in [6.07, 6.45) is 3.84. The molecule has 6 heteroatoms. The highest BCUT2D eigenvalue weighted by Crippen LogP contribution is 2.38. The summed E-state index contributed by atoms with van der Waals surface area (Å²) in [6, 6.07) is 9.87. The monoisotopic (exact) mass is 348 g/mol. The number of hydrogen-bond acceptors (Lipinski definition) is 5. The number of aromatic amines is 1. The molecule has 0 saturated carbocycles. The quantitative estimate of drug-likeness (QED) is 0.784. The lowest BCUT2D eigenvalue weighted by atomic mass is 10.0. The minimum atomic E-state index is 0.498. The van der Waals surface area contributed by atoms with Crippen LogP contribution in [0, 0.1) is 11.3 Å². The number of methoxy groups -OCH3 is 1. The van der Waals surface area contributed by atoms with Crippen LogP contribution in [0.1, 0.15) is 11.1 Å². The predicted octanol–water partition coefficient (Wildman–Crippen LogP) is 3.08. The highest BCUT2D eigenvalue weighted by molar-refractivity contribution is 6.03. The van der Waals surface area contributed by atoms with E-state index in [4.69, 9.17) is 9.47 Å². The third-order valence-corrected chi connectivity index (χ3v) is 4.68. The summed E-state index contributed by atoms with van der Waals surface area (Å²) < 4.78 is 10.9. The molecular formula is C20H20N4O2. The molecule has 0 atom stereocenters. The van der Waals surface area contributed by atoms with Crippen molar-refractivity contribution < 1.29 is 9.47 Å². The number of benzene rings is 1. The van der Waals surface area contributed by atoms with E-state index in [-0.39, 0.29) is 0 Å². The average Bonchev–Trinajstić information content (AvgIpc) is 3.13. The number of anilines is 1. The van der Waals surface area contributed by atoms with E-state index < -0.39 is 0 Å². The summed E-state index contributed by atoms with van der Waals surface area (Å²) in [7, 11) is 1.70. The fraction of sp³-hybridized carbons (Fsp3) is 0.300. The fourth-order valence-electron chi connectivity index (χ4n) is 3.51. The molecule has 0 unspecified atom stereocenters. The molecule has 1 N–H and O–H groups in total. The Labute approximate surface area is 152 Å². The van der Waals surface area contributed by atoms with E-state index in [1.165, 1.54) is 0 Å². The molecule has 26 heavy (non-hydrogen) atoms. The van der Waals surface area contributed by atoms with Crippen LogP contribution in [-0.4, -0.2) is 43.4 Å². The first-order valence-electron chi connectivity index (χ1n) is 8.63. The maximum absolute atomic E-state index is 9.24. The number of nitrogens with one attached hydrogen (secondary N) is 1. The highest BCUT2D eigenvalue weighted by Gasteiger charge is 2.22. The zero-order chi connectivity index (χ0) is 17.9. The van der Waals surface area contributed by atoms with E-state index in [9.17, 15) is 5.26 Å². The van der Waals surface area contributed by atoms with Gasteiger partial charge in [0.05, 0.1) is 42.5 Å². The van der Waals surface area contributed by atoms with Gasteiger partial charge in [0.2, 0.25) is 0 Å². The Morgan fingerprint density at radius 2 is 2.19 bits per heavy atom. The molecule has 0 amide bonds. The zero-order valence-electron chi connectivity index (χ0n) is 14.7. The van der Waals surface area contributed by atoms with Crippen LogP contribution in [-0.2, 0) is 16.1 Å². The molecule has 2 aromatic heterocycles. The minimum absolute atomic E-state index is 0.498. The third-order valence-electron chi connectivity index (χ3n) is 4.68. The first-order chi connectivity index (χ1) is 12.8. The maximum atomic E-state index is 9.24. The van der Waals surface area contributed by atoms with Crippen molar-refractivity contribution in [2.24, 2.45) is 0 Å². The molecule has 0 radical (unpaired) electrons. The van der Waals surface area contributed by atoms with Gasteiger partial charge >= 0.3 is 0 Å². The Hall–Kier alpha value is -2.88. The molecule has 1 aliphatic rings. The van der Waals surface area contributed by atoms with Gasteiger partial charge < -0.3 is 19.4 Å². The van der Waals surface area contributed by atoms with Crippen LogP contribution in [0.3, 0.4) is 0 Å². The first-order valence-corrected chi connectivity index (χ1v) is 8.63. The molecule has 132 valence electrons. The van der Waals surface area contributed by atoms with Crippen LogP contribution >= 0.6 is 0 Å². The van der Waals surface area contributed by atoms with Gasteiger partial charge in [0.25, 0.3) is 0 Å². The largest absolute Gasteiger partial charge is 0.380 e. The topological polar surface area (TPSA) is 74.2 Å². The normalized spacial score (nSPS) is 14.5. The van der Waals surface area contributed by atoms with Crippen LogP contribution < -0.4 is 4.90 Å². The van der Waals surface area contributed by atoms with Crippen LogP contribution in [0.15, 0.2) is 36.7 Å². The summed E-state index contributed by atoms with van der Waals surface area (Å²) in [4.78, 5) is 10.2. The molecule has 1 aromatic carbocycles. The van der Waals surface area contributed by atoms with Crippen LogP contribution in [0.5, 0.6) is 0 Å². The average molecular weight is 348 g/mol. The van der Waals surface area contributed by atoms with Gasteiger partial charge in [-0.1, -0.05) is 12.1 Å². The van der Waals surface area contributed by atoms with Crippen LogP contribution in [0.4, 0.5) is 5.69 Å². The van der Waals surface area contributed by atoms with E-state index in [1.54, 1.807) is 7.11 Å². The molecule has 1 fully saturated rings. The van der Waals surface area contributed by atoms with Crippen molar-refractivity contribution in [1.29, 1.82) is 5.26 Å². The molecule has 1 aliphatic heterocycles. The maximum Gasteiger partial charge on any atom is 0.139 e. The summed E-state index contributed by atoms with van der Waals surface area (Å²) in [6.45, 7) is 3.58. The van der Waals surface area contributed by atoms with Gasteiger partial charge in [-0.05, 0) is 17.7 Å². The Bertz CT molecular complexity index is 968. The second-order valence-corrected chi connectivity index (χ2v) is 6.28.